The largest absolute Gasteiger partial charge is 0.494 e. The first-order valence-electron chi connectivity index (χ1n) is 11.6. The Bertz CT molecular complexity index is 1280. The Hall–Kier alpha value is -3.08. The number of ether oxygens (including phenoxy) is 2. The zero-order chi connectivity index (χ0) is 23.3. The maximum Gasteiger partial charge on any atom is 0.252 e. The first kappa shape index (κ1) is 22.7. The van der Waals surface area contributed by atoms with E-state index in [-0.39, 0.29) is 11.7 Å². The van der Waals surface area contributed by atoms with Crippen LogP contribution in [0.15, 0.2) is 46.6 Å². The zero-order valence-electron chi connectivity index (χ0n) is 19.1. The minimum atomic E-state index is -0.0909. The summed E-state index contributed by atoms with van der Waals surface area (Å²) in [6.07, 6.45) is 2.24. The van der Waals surface area contributed by atoms with Crippen molar-refractivity contribution in [3.63, 3.8) is 0 Å². The van der Waals surface area contributed by atoms with Crippen molar-refractivity contribution in [3.8, 4) is 5.75 Å². The Morgan fingerprint density at radius 1 is 1.26 bits per heavy atom. The summed E-state index contributed by atoms with van der Waals surface area (Å²) >= 11 is 1.70. The number of H-pyrrole nitrogens is 1. The van der Waals surface area contributed by atoms with Crippen molar-refractivity contribution < 1.29 is 9.47 Å². The lowest BCUT2D eigenvalue weighted by Gasteiger charge is -2.21. The van der Waals surface area contributed by atoms with Gasteiger partial charge in [0.25, 0.3) is 5.56 Å². The van der Waals surface area contributed by atoms with Crippen LogP contribution < -0.4 is 10.3 Å². The Kier molecular flexibility index (Phi) is 6.98. The van der Waals surface area contributed by atoms with Crippen LogP contribution in [0.2, 0.25) is 0 Å². The Balaban J connectivity index is 1.40. The quantitative estimate of drug-likeness (QED) is 0.372. The van der Waals surface area contributed by atoms with Crippen molar-refractivity contribution >= 4 is 22.2 Å². The lowest BCUT2D eigenvalue weighted by atomic mass is 10.1. The number of fused-ring (bicyclic) bond motifs is 1. The van der Waals surface area contributed by atoms with Crippen LogP contribution in [0.4, 0.5) is 0 Å². The molecule has 34 heavy (non-hydrogen) atoms. The number of tetrazole rings is 1. The topological polar surface area (TPSA) is 98.2 Å². The number of thiophene rings is 1. The fourth-order valence-electron chi connectivity index (χ4n) is 4.29. The SMILES string of the molecule is CCOc1ccc2[nH]c(=O)c(CN(Cc3cccs3)Cc3nnnn3C[C@@H]3CCCO3)cc2c1. The summed E-state index contributed by atoms with van der Waals surface area (Å²) in [5, 5.41) is 15.4. The smallest absolute Gasteiger partial charge is 0.252 e. The molecule has 1 saturated heterocycles. The second-order valence-corrected chi connectivity index (χ2v) is 9.47. The van der Waals surface area contributed by atoms with Crippen LogP contribution in [0.25, 0.3) is 10.9 Å². The van der Waals surface area contributed by atoms with E-state index >= 15 is 0 Å². The number of aromatic nitrogens is 5. The molecule has 0 bridgehead atoms. The first-order chi connectivity index (χ1) is 16.7. The maximum atomic E-state index is 12.9. The number of pyridine rings is 1. The number of hydrogen-bond acceptors (Lipinski definition) is 8. The molecule has 0 spiro atoms. The molecule has 9 nitrogen and oxygen atoms in total. The van der Waals surface area contributed by atoms with Gasteiger partial charge in [-0.25, -0.2) is 4.68 Å². The minimum absolute atomic E-state index is 0.0909. The summed E-state index contributed by atoms with van der Waals surface area (Å²) in [4.78, 5) is 19.3. The number of rotatable bonds is 10. The van der Waals surface area contributed by atoms with Gasteiger partial charge >= 0.3 is 0 Å². The van der Waals surface area contributed by atoms with Crippen LogP contribution in [0.5, 0.6) is 5.75 Å². The minimum Gasteiger partial charge on any atom is -0.494 e. The molecule has 1 aliphatic rings. The molecule has 10 heteroatoms. The third-order valence-electron chi connectivity index (χ3n) is 5.93. The summed E-state index contributed by atoms with van der Waals surface area (Å²) in [5.41, 5.74) is 1.39. The van der Waals surface area contributed by atoms with Crippen LogP contribution in [0.3, 0.4) is 0 Å². The summed E-state index contributed by atoms with van der Waals surface area (Å²) < 4.78 is 13.2. The Labute approximate surface area is 201 Å². The third-order valence-corrected chi connectivity index (χ3v) is 6.79. The molecule has 4 aromatic rings. The van der Waals surface area contributed by atoms with E-state index in [1.807, 2.05) is 41.9 Å². The average molecular weight is 481 g/mol. The van der Waals surface area contributed by atoms with E-state index in [1.54, 1.807) is 11.3 Å². The summed E-state index contributed by atoms with van der Waals surface area (Å²) in [6, 6.07) is 11.8. The van der Waals surface area contributed by atoms with Gasteiger partial charge in [0.05, 0.1) is 25.8 Å². The number of benzene rings is 1. The van der Waals surface area contributed by atoms with Crippen LogP contribution in [-0.4, -0.2) is 49.4 Å². The van der Waals surface area contributed by atoms with Crippen LogP contribution in [0.1, 0.15) is 36.0 Å². The monoisotopic (exact) mass is 480 g/mol. The molecule has 0 aliphatic carbocycles. The third kappa shape index (κ3) is 5.35. The molecule has 0 amide bonds. The predicted octanol–water partition coefficient (Wildman–Crippen LogP) is 3.36. The summed E-state index contributed by atoms with van der Waals surface area (Å²) in [5.74, 6) is 1.56. The fraction of sp³-hybridized carbons (Fsp3) is 0.417. The van der Waals surface area contributed by atoms with Crippen molar-refractivity contribution in [2.24, 2.45) is 0 Å². The van der Waals surface area contributed by atoms with E-state index in [2.05, 4.69) is 36.9 Å². The van der Waals surface area contributed by atoms with Gasteiger partial charge in [-0.3, -0.25) is 9.69 Å². The lowest BCUT2D eigenvalue weighted by Crippen LogP contribution is -2.28. The van der Waals surface area contributed by atoms with E-state index < -0.39 is 0 Å². The molecule has 5 rings (SSSR count). The number of nitrogens with zero attached hydrogens (tertiary/aromatic N) is 5. The maximum absolute atomic E-state index is 12.9. The molecular formula is C24H28N6O3S. The van der Waals surface area contributed by atoms with Gasteiger partial charge in [0.2, 0.25) is 0 Å². The van der Waals surface area contributed by atoms with Crippen LogP contribution >= 0.6 is 11.3 Å². The van der Waals surface area contributed by atoms with Gasteiger partial charge in [-0.1, -0.05) is 6.07 Å². The van der Waals surface area contributed by atoms with E-state index in [1.165, 1.54) is 4.88 Å². The second-order valence-electron chi connectivity index (χ2n) is 8.44. The van der Waals surface area contributed by atoms with Gasteiger partial charge in [0.15, 0.2) is 5.82 Å². The molecule has 1 atom stereocenters. The molecule has 0 unspecified atom stereocenters. The van der Waals surface area contributed by atoms with Gasteiger partial charge in [-0.05, 0) is 65.9 Å². The highest BCUT2D eigenvalue weighted by molar-refractivity contribution is 7.09. The van der Waals surface area contributed by atoms with Crippen molar-refractivity contribution in [1.82, 2.24) is 30.1 Å². The van der Waals surface area contributed by atoms with Crippen LogP contribution in [-0.2, 0) is 30.9 Å². The molecule has 4 heterocycles. The molecule has 0 saturated carbocycles. The van der Waals surface area contributed by atoms with Crippen molar-refractivity contribution in [1.29, 1.82) is 0 Å². The molecule has 1 aromatic carbocycles. The highest BCUT2D eigenvalue weighted by Gasteiger charge is 2.21. The standard InChI is InChI=1S/C24H28N6O3S/c1-2-32-19-7-8-22-17(12-19)11-18(24(31)25-22)13-29(15-21-6-4-10-34-21)16-23-26-27-28-30(23)14-20-5-3-9-33-20/h4,6-8,10-12,20H,2-3,5,9,13-16H2,1H3,(H,25,31)/t20-/m0/s1. The van der Waals surface area contributed by atoms with Crippen molar-refractivity contribution in [2.75, 3.05) is 13.2 Å². The van der Waals surface area contributed by atoms with Crippen LogP contribution in [0, 0.1) is 0 Å². The van der Waals surface area contributed by atoms with Gasteiger partial charge in [0.1, 0.15) is 5.75 Å². The van der Waals surface area contributed by atoms with Gasteiger partial charge in [-0.2, -0.15) is 0 Å². The molecular weight excluding hydrogens is 452 g/mol. The molecule has 178 valence electrons. The highest BCUT2D eigenvalue weighted by atomic mass is 32.1. The van der Waals surface area contributed by atoms with E-state index in [9.17, 15) is 4.79 Å². The normalized spacial score (nSPS) is 16.0. The fourth-order valence-corrected chi connectivity index (χ4v) is 5.04. The van der Waals surface area contributed by atoms with Crippen molar-refractivity contribution in [2.45, 2.75) is 52.0 Å². The zero-order valence-corrected chi connectivity index (χ0v) is 20.0. The first-order valence-corrected chi connectivity index (χ1v) is 12.5. The predicted molar refractivity (Wildman–Crippen MR) is 130 cm³/mol. The Morgan fingerprint density at radius 3 is 3.00 bits per heavy atom. The average Bonchev–Trinajstić information content (AvgIpc) is 3.60. The number of aromatic amines is 1. The molecule has 1 aliphatic heterocycles. The summed E-state index contributed by atoms with van der Waals surface area (Å²) in [6.45, 7) is 5.67. The number of nitrogens with one attached hydrogen (secondary N) is 1. The van der Waals surface area contributed by atoms with E-state index in [0.29, 0.717) is 38.3 Å². The molecule has 1 N–H and O–H groups in total. The number of hydrogen-bond donors (Lipinski definition) is 1. The summed E-state index contributed by atoms with van der Waals surface area (Å²) in [7, 11) is 0. The molecule has 0 radical (unpaired) electrons. The van der Waals surface area contributed by atoms with Gasteiger partial charge in [0, 0.05) is 41.0 Å². The Morgan fingerprint density at radius 2 is 2.21 bits per heavy atom. The van der Waals surface area contributed by atoms with Crippen molar-refractivity contribution in [3.05, 3.63) is 68.4 Å². The van der Waals surface area contributed by atoms with Gasteiger partial charge in [-0.15, -0.1) is 16.4 Å². The highest BCUT2D eigenvalue weighted by Crippen LogP contribution is 2.21. The molecule has 1 fully saturated rings. The van der Waals surface area contributed by atoms with Gasteiger partial charge < -0.3 is 14.5 Å². The van der Waals surface area contributed by atoms with E-state index in [0.717, 1.165) is 41.9 Å². The molecule has 3 aromatic heterocycles. The second kappa shape index (κ2) is 10.5. The lowest BCUT2D eigenvalue weighted by molar-refractivity contribution is 0.0915. The van der Waals surface area contributed by atoms with E-state index in [4.69, 9.17) is 9.47 Å².